The molecule has 0 saturated carbocycles. The van der Waals surface area contributed by atoms with Crippen LogP contribution in [0.1, 0.15) is 41.4 Å². The van der Waals surface area contributed by atoms with E-state index in [-0.39, 0.29) is 25.3 Å². The lowest BCUT2D eigenvalue weighted by Crippen LogP contribution is -2.42. The smallest absolute Gasteiger partial charge is 0.343 e. The number of nitrogens with zero attached hydrogens (tertiary/aromatic N) is 6. The normalized spacial score (nSPS) is 17.5. The topological polar surface area (TPSA) is 136 Å². The molecule has 12 heteroatoms. The molecule has 1 unspecified atom stereocenters. The van der Waals surface area contributed by atoms with Crippen molar-refractivity contribution in [1.29, 1.82) is 0 Å². The van der Waals surface area contributed by atoms with E-state index in [1.54, 1.807) is 19.2 Å². The van der Waals surface area contributed by atoms with Crippen LogP contribution in [0, 0.1) is 5.82 Å². The van der Waals surface area contributed by atoms with Gasteiger partial charge in [0.2, 0.25) is 0 Å². The molecule has 2 aromatic heterocycles. The first-order chi connectivity index (χ1) is 16.4. The van der Waals surface area contributed by atoms with E-state index in [1.807, 2.05) is 6.92 Å². The highest BCUT2D eigenvalue weighted by Gasteiger charge is 2.41. The van der Waals surface area contributed by atoms with E-state index < -0.39 is 23.4 Å². The Morgan fingerprint density at radius 1 is 1.50 bits per heavy atom. The molecule has 0 amide bonds. The average Bonchev–Trinajstić information content (AvgIpc) is 3.38. The second-order valence-electron chi connectivity index (χ2n) is 7.99. The van der Waals surface area contributed by atoms with Gasteiger partial charge in [0, 0.05) is 35.8 Å². The number of hydrogen-bond donors (Lipinski definition) is 1. The lowest BCUT2D eigenvalue weighted by atomic mass is 9.96. The molecule has 0 aliphatic carbocycles. The number of anilines is 1. The van der Waals surface area contributed by atoms with E-state index in [0.717, 1.165) is 0 Å². The van der Waals surface area contributed by atoms with Gasteiger partial charge in [0.1, 0.15) is 28.5 Å². The van der Waals surface area contributed by atoms with Crippen molar-refractivity contribution < 1.29 is 23.4 Å². The van der Waals surface area contributed by atoms with Gasteiger partial charge >= 0.3 is 5.97 Å². The summed E-state index contributed by atoms with van der Waals surface area (Å²) in [5, 5.41) is 11.0. The molecule has 1 aliphatic rings. The number of benzene rings is 1. The lowest BCUT2D eigenvalue weighted by molar-refractivity contribution is 0.0126. The fraction of sp³-hybridized carbons (Fsp3) is 0.409. The molecule has 0 saturated heterocycles. The molecule has 4 rings (SSSR count). The second-order valence-corrected chi connectivity index (χ2v) is 7.99. The average molecular weight is 469 g/mol. The van der Waals surface area contributed by atoms with Crippen molar-refractivity contribution in [2.45, 2.75) is 31.9 Å². The highest BCUT2D eigenvalue weighted by atomic mass is 19.1. The monoisotopic (exact) mass is 469 g/mol. The summed E-state index contributed by atoms with van der Waals surface area (Å²) in [4.78, 5) is 19.5. The zero-order chi connectivity index (χ0) is 24.3. The summed E-state index contributed by atoms with van der Waals surface area (Å²) in [5.74, 6) is 0.0522. The Labute approximate surface area is 194 Å². The molecule has 1 aliphatic heterocycles. The fourth-order valence-corrected chi connectivity index (χ4v) is 4.09. The number of carbonyl (C=O) groups excluding carboxylic acids is 1. The van der Waals surface area contributed by atoms with Crippen LogP contribution in [0.4, 0.5) is 10.2 Å². The van der Waals surface area contributed by atoms with Crippen molar-refractivity contribution in [2.75, 3.05) is 32.2 Å². The van der Waals surface area contributed by atoms with Crippen LogP contribution in [0.5, 0.6) is 5.75 Å². The molecule has 0 radical (unpaired) electrons. The number of nitrogens with one attached hydrogen (secondary N) is 1. The van der Waals surface area contributed by atoms with Crippen LogP contribution in [-0.4, -0.2) is 53.0 Å². The minimum absolute atomic E-state index is 0.0466. The van der Waals surface area contributed by atoms with Gasteiger partial charge in [-0.1, -0.05) is 5.11 Å². The summed E-state index contributed by atoms with van der Waals surface area (Å²) >= 11 is 0. The number of azide groups is 1. The molecule has 34 heavy (non-hydrogen) atoms. The van der Waals surface area contributed by atoms with Crippen LogP contribution >= 0.6 is 0 Å². The first-order valence-corrected chi connectivity index (χ1v) is 10.7. The maximum Gasteiger partial charge on any atom is 0.343 e. The van der Waals surface area contributed by atoms with E-state index in [1.165, 1.54) is 30.0 Å². The maximum absolute atomic E-state index is 14.5. The quantitative estimate of drug-likeness (QED) is 0.218. The molecular formula is C22H24FN7O4. The van der Waals surface area contributed by atoms with Crippen molar-refractivity contribution >= 4 is 17.4 Å². The molecule has 178 valence electrons. The van der Waals surface area contributed by atoms with Crippen molar-refractivity contribution in [3.8, 4) is 5.75 Å². The number of methoxy groups -OCH3 is 1. The van der Waals surface area contributed by atoms with Gasteiger partial charge in [-0.05, 0) is 37.6 Å². The van der Waals surface area contributed by atoms with E-state index in [0.29, 0.717) is 34.8 Å². The van der Waals surface area contributed by atoms with Crippen molar-refractivity contribution in [2.24, 2.45) is 5.11 Å². The third kappa shape index (κ3) is 4.45. The number of aromatic nitrogens is 3. The number of esters is 1. The number of hydrogen-bond acceptors (Lipinski definition) is 8. The standard InChI is InChI=1S/C22H24FN7O4/c1-4-33-21(31)17-10-26-30-6-5-18(28-20(17)30)27-13(2)16-8-15(23)7-14-9-22(12-32-3,11-25-29-24)34-19(14)16/h5-8,10,13H,4,9,11-12H2,1-3H3,(H,27,28)/t13-,22?/m1/s1. The number of fused-ring (bicyclic) bond motifs is 2. The van der Waals surface area contributed by atoms with Gasteiger partial charge < -0.3 is 19.5 Å². The first-order valence-electron chi connectivity index (χ1n) is 10.7. The zero-order valence-electron chi connectivity index (χ0n) is 19.0. The summed E-state index contributed by atoms with van der Waals surface area (Å²) < 4.78 is 32.6. The Morgan fingerprint density at radius 3 is 3.06 bits per heavy atom. The third-order valence-corrected chi connectivity index (χ3v) is 5.52. The number of rotatable bonds is 9. The fourth-order valence-electron chi connectivity index (χ4n) is 4.09. The van der Waals surface area contributed by atoms with Gasteiger partial charge in [-0.25, -0.2) is 18.7 Å². The van der Waals surface area contributed by atoms with Crippen LogP contribution in [0.3, 0.4) is 0 Å². The van der Waals surface area contributed by atoms with Crippen LogP contribution in [-0.2, 0) is 15.9 Å². The molecule has 0 spiro atoms. The summed E-state index contributed by atoms with van der Waals surface area (Å²) in [7, 11) is 1.53. The molecule has 0 bridgehead atoms. The highest BCUT2D eigenvalue weighted by Crippen LogP contribution is 2.42. The first kappa shape index (κ1) is 23.3. The summed E-state index contributed by atoms with van der Waals surface area (Å²) in [6, 6.07) is 4.10. The zero-order valence-corrected chi connectivity index (χ0v) is 19.0. The third-order valence-electron chi connectivity index (χ3n) is 5.52. The Kier molecular flexibility index (Phi) is 6.53. The summed E-state index contributed by atoms with van der Waals surface area (Å²) in [5.41, 5.74) is 9.69. The Morgan fingerprint density at radius 2 is 2.32 bits per heavy atom. The second kappa shape index (κ2) is 9.54. The number of ether oxygens (including phenoxy) is 3. The molecule has 1 aromatic carbocycles. The largest absolute Gasteiger partial charge is 0.484 e. The van der Waals surface area contributed by atoms with Crippen LogP contribution < -0.4 is 10.1 Å². The molecule has 3 heterocycles. The minimum Gasteiger partial charge on any atom is -0.484 e. The molecule has 0 fully saturated rings. The van der Waals surface area contributed by atoms with Crippen molar-refractivity contribution in [3.05, 3.63) is 63.5 Å². The van der Waals surface area contributed by atoms with Crippen molar-refractivity contribution in [1.82, 2.24) is 14.6 Å². The van der Waals surface area contributed by atoms with E-state index in [2.05, 4.69) is 25.4 Å². The predicted octanol–water partition coefficient (Wildman–Crippen LogP) is 3.85. The Bertz CT molecular complexity index is 1270. The Balaban J connectivity index is 1.63. The lowest BCUT2D eigenvalue weighted by Gasteiger charge is -2.27. The van der Waals surface area contributed by atoms with E-state index in [4.69, 9.17) is 19.7 Å². The van der Waals surface area contributed by atoms with Crippen LogP contribution in [0.25, 0.3) is 16.1 Å². The van der Waals surface area contributed by atoms with Gasteiger partial charge in [0.15, 0.2) is 5.65 Å². The van der Waals surface area contributed by atoms with Gasteiger partial charge in [-0.3, -0.25) is 0 Å². The Hall–Kier alpha value is -3.89. The molecule has 1 N–H and O–H groups in total. The maximum atomic E-state index is 14.5. The SMILES string of the molecule is CCOC(=O)c1cnn2ccc(N[C@H](C)c3cc(F)cc4c3OC(CN=[N+]=[N-])(COC)C4)nc12. The summed E-state index contributed by atoms with van der Waals surface area (Å²) in [6.45, 7) is 4.03. The molecular weight excluding hydrogens is 445 g/mol. The van der Waals surface area contributed by atoms with Gasteiger partial charge in [-0.15, -0.1) is 0 Å². The van der Waals surface area contributed by atoms with Crippen LogP contribution in [0.15, 0.2) is 35.7 Å². The molecule has 11 nitrogen and oxygen atoms in total. The van der Waals surface area contributed by atoms with Gasteiger partial charge in [-0.2, -0.15) is 5.10 Å². The van der Waals surface area contributed by atoms with Gasteiger partial charge in [0.05, 0.1) is 32.0 Å². The summed E-state index contributed by atoms with van der Waals surface area (Å²) in [6.07, 6.45) is 3.41. The van der Waals surface area contributed by atoms with Crippen LogP contribution in [0.2, 0.25) is 0 Å². The molecule has 2 atom stereocenters. The predicted molar refractivity (Wildman–Crippen MR) is 120 cm³/mol. The minimum atomic E-state index is -0.908. The molecule has 3 aromatic rings. The highest BCUT2D eigenvalue weighted by molar-refractivity contribution is 5.95. The van der Waals surface area contributed by atoms with Crippen molar-refractivity contribution in [3.63, 3.8) is 0 Å². The number of halogens is 1. The van der Waals surface area contributed by atoms with E-state index >= 15 is 0 Å². The number of carbonyl (C=O) groups is 1. The van der Waals surface area contributed by atoms with E-state index in [9.17, 15) is 9.18 Å². The van der Waals surface area contributed by atoms with Gasteiger partial charge in [0.25, 0.3) is 0 Å².